The fraction of sp³-hybridized carbons (Fsp3) is 0.455. The molecule has 2 rings (SSSR count). The van der Waals surface area contributed by atoms with Crippen molar-refractivity contribution in [1.82, 2.24) is 15.0 Å². The predicted octanol–water partition coefficient (Wildman–Crippen LogP) is 3.54. The van der Waals surface area contributed by atoms with Gasteiger partial charge in [0.25, 0.3) is 0 Å². The summed E-state index contributed by atoms with van der Waals surface area (Å²) in [6, 6.07) is 3.45. The van der Waals surface area contributed by atoms with Crippen molar-refractivity contribution in [3.05, 3.63) is 16.6 Å². The lowest BCUT2D eigenvalue weighted by atomic mass is 10.2. The van der Waals surface area contributed by atoms with Crippen LogP contribution in [0.15, 0.2) is 16.6 Å². The van der Waals surface area contributed by atoms with Crippen molar-refractivity contribution >= 4 is 27.0 Å². The molecule has 0 unspecified atom stereocenters. The minimum atomic E-state index is -4.14. The summed E-state index contributed by atoms with van der Waals surface area (Å²) in [5.74, 6) is 0.606. The van der Waals surface area contributed by atoms with E-state index in [1.54, 1.807) is 12.1 Å². The van der Waals surface area contributed by atoms with E-state index >= 15 is 0 Å². The van der Waals surface area contributed by atoms with Gasteiger partial charge in [-0.05, 0) is 34.5 Å². The van der Waals surface area contributed by atoms with Crippen LogP contribution in [0.2, 0.25) is 0 Å². The molecule has 1 heterocycles. The zero-order valence-corrected chi connectivity index (χ0v) is 11.6. The van der Waals surface area contributed by atoms with Gasteiger partial charge in [0.05, 0.1) is 17.1 Å². The highest BCUT2D eigenvalue weighted by molar-refractivity contribution is 9.10. The second-order valence-electron chi connectivity index (χ2n) is 3.98. The molecular weight excluding hydrogens is 327 g/mol. The molecule has 0 saturated carbocycles. The van der Waals surface area contributed by atoms with Gasteiger partial charge in [-0.2, -0.15) is 13.2 Å². The highest BCUT2D eigenvalue weighted by Crippen LogP contribution is 2.31. The quantitative estimate of drug-likeness (QED) is 0.856. The third kappa shape index (κ3) is 3.17. The van der Waals surface area contributed by atoms with E-state index in [0.29, 0.717) is 21.3 Å². The molecule has 0 aliphatic rings. The predicted molar refractivity (Wildman–Crippen MR) is 67.1 cm³/mol. The summed E-state index contributed by atoms with van der Waals surface area (Å²) >= 11 is 3.33. The topological polar surface area (TPSA) is 39.9 Å². The molecule has 0 aliphatic carbocycles. The van der Waals surface area contributed by atoms with Crippen molar-refractivity contribution in [2.45, 2.75) is 25.6 Å². The van der Waals surface area contributed by atoms with E-state index in [4.69, 9.17) is 4.74 Å². The number of alkyl halides is 3. The third-order valence-electron chi connectivity index (χ3n) is 2.64. The second kappa shape index (κ2) is 5.36. The molecule has 0 spiro atoms. The summed E-state index contributed by atoms with van der Waals surface area (Å²) in [6.07, 6.45) is -4.99. The van der Waals surface area contributed by atoms with E-state index in [0.717, 1.165) is 0 Å². The van der Waals surface area contributed by atoms with Crippen LogP contribution in [0.5, 0.6) is 5.75 Å². The fourth-order valence-corrected chi connectivity index (χ4v) is 2.31. The summed E-state index contributed by atoms with van der Waals surface area (Å²) in [5, 5.41) is 7.81. The Morgan fingerprint density at radius 3 is 2.74 bits per heavy atom. The van der Waals surface area contributed by atoms with Crippen molar-refractivity contribution in [1.29, 1.82) is 0 Å². The normalized spacial score (nSPS) is 12.1. The van der Waals surface area contributed by atoms with Crippen LogP contribution in [-0.2, 0) is 6.54 Å². The molecular formula is C11H11BrF3N3O. The molecule has 19 heavy (non-hydrogen) atoms. The Hall–Kier alpha value is -1.31. The highest BCUT2D eigenvalue weighted by Gasteiger charge is 2.26. The smallest absolute Gasteiger partial charge is 0.389 e. The molecule has 0 bridgehead atoms. The minimum absolute atomic E-state index is 0.0222. The molecule has 0 atom stereocenters. The number of nitrogens with zero attached hydrogens (tertiary/aromatic N) is 3. The molecule has 1 aromatic carbocycles. The van der Waals surface area contributed by atoms with Gasteiger partial charge < -0.3 is 4.74 Å². The maximum absolute atomic E-state index is 12.1. The first-order valence-electron chi connectivity index (χ1n) is 5.55. The van der Waals surface area contributed by atoms with Gasteiger partial charge >= 0.3 is 6.18 Å². The van der Waals surface area contributed by atoms with E-state index in [1.807, 2.05) is 0 Å². The lowest BCUT2D eigenvalue weighted by Gasteiger charge is -2.07. The number of ether oxygens (including phenoxy) is 1. The first-order chi connectivity index (χ1) is 8.92. The number of aromatic nitrogens is 3. The lowest BCUT2D eigenvalue weighted by molar-refractivity contribution is -0.135. The van der Waals surface area contributed by atoms with E-state index in [1.165, 1.54) is 11.8 Å². The van der Waals surface area contributed by atoms with Crippen molar-refractivity contribution in [2.24, 2.45) is 0 Å². The zero-order valence-electron chi connectivity index (χ0n) is 10.0. The highest BCUT2D eigenvalue weighted by atomic mass is 79.9. The van der Waals surface area contributed by atoms with E-state index in [-0.39, 0.29) is 13.0 Å². The molecule has 0 saturated heterocycles. The van der Waals surface area contributed by atoms with Gasteiger partial charge in [-0.25, -0.2) is 4.68 Å². The molecule has 104 valence electrons. The second-order valence-corrected chi connectivity index (χ2v) is 4.77. The molecule has 0 amide bonds. The van der Waals surface area contributed by atoms with Crippen molar-refractivity contribution in [3.8, 4) is 5.75 Å². The van der Waals surface area contributed by atoms with Gasteiger partial charge in [-0.3, -0.25) is 0 Å². The summed E-state index contributed by atoms with van der Waals surface area (Å²) < 4.78 is 43.5. The Bertz CT molecular complexity index is 582. The largest absolute Gasteiger partial charge is 0.495 e. The summed E-state index contributed by atoms with van der Waals surface area (Å²) in [7, 11) is 1.53. The van der Waals surface area contributed by atoms with Crippen LogP contribution in [0.4, 0.5) is 13.2 Å². The average molecular weight is 338 g/mol. The molecule has 8 heteroatoms. The molecule has 1 aromatic heterocycles. The van der Waals surface area contributed by atoms with Crippen LogP contribution in [0, 0.1) is 0 Å². The van der Waals surface area contributed by atoms with Crippen LogP contribution in [-0.4, -0.2) is 28.3 Å². The number of halogens is 4. The van der Waals surface area contributed by atoms with Gasteiger partial charge in [0.15, 0.2) is 0 Å². The Kier molecular flexibility index (Phi) is 3.98. The maximum atomic E-state index is 12.1. The summed E-state index contributed by atoms with van der Waals surface area (Å²) in [5.41, 5.74) is 1.25. The van der Waals surface area contributed by atoms with E-state index in [9.17, 15) is 13.2 Å². The Morgan fingerprint density at radius 2 is 2.11 bits per heavy atom. The Labute approximate surface area is 115 Å². The monoisotopic (exact) mass is 337 g/mol. The van der Waals surface area contributed by atoms with Crippen LogP contribution in [0.3, 0.4) is 0 Å². The van der Waals surface area contributed by atoms with E-state index < -0.39 is 12.6 Å². The number of benzene rings is 1. The molecule has 0 fully saturated rings. The number of methoxy groups -OCH3 is 1. The van der Waals surface area contributed by atoms with Gasteiger partial charge in [0.2, 0.25) is 0 Å². The van der Waals surface area contributed by atoms with E-state index in [2.05, 4.69) is 26.2 Å². The third-order valence-corrected chi connectivity index (χ3v) is 3.41. The molecule has 0 radical (unpaired) electrons. The molecule has 0 N–H and O–H groups in total. The Morgan fingerprint density at radius 1 is 1.37 bits per heavy atom. The summed E-state index contributed by atoms with van der Waals surface area (Å²) in [4.78, 5) is 0. The lowest BCUT2D eigenvalue weighted by Crippen LogP contribution is -2.09. The number of hydrogen-bond donors (Lipinski definition) is 0. The van der Waals surface area contributed by atoms with Gasteiger partial charge in [0.1, 0.15) is 11.3 Å². The number of aryl methyl sites for hydroxylation is 1. The molecule has 2 aromatic rings. The first-order valence-corrected chi connectivity index (χ1v) is 6.34. The number of hydrogen-bond acceptors (Lipinski definition) is 3. The van der Waals surface area contributed by atoms with Gasteiger partial charge in [0, 0.05) is 13.0 Å². The number of fused-ring (bicyclic) bond motifs is 1. The molecule has 0 aliphatic heterocycles. The summed E-state index contributed by atoms with van der Waals surface area (Å²) in [6.45, 7) is 0.175. The number of rotatable bonds is 4. The van der Waals surface area contributed by atoms with Crippen molar-refractivity contribution < 1.29 is 17.9 Å². The van der Waals surface area contributed by atoms with Crippen LogP contribution >= 0.6 is 15.9 Å². The van der Waals surface area contributed by atoms with Crippen molar-refractivity contribution in [2.75, 3.05) is 7.11 Å². The van der Waals surface area contributed by atoms with Crippen molar-refractivity contribution in [3.63, 3.8) is 0 Å². The first kappa shape index (κ1) is 14.1. The van der Waals surface area contributed by atoms with Crippen LogP contribution in [0.25, 0.3) is 11.0 Å². The Balaban J connectivity index is 2.19. The standard InChI is InChI=1S/C11H11BrF3N3O/c1-19-8-4-3-7-10(9(8)12)16-17-18(7)6-2-5-11(13,14)15/h3-4H,2,5-6H2,1H3. The van der Waals surface area contributed by atoms with Crippen LogP contribution in [0.1, 0.15) is 12.8 Å². The minimum Gasteiger partial charge on any atom is -0.495 e. The molecule has 4 nitrogen and oxygen atoms in total. The zero-order chi connectivity index (χ0) is 14.0. The maximum Gasteiger partial charge on any atom is 0.389 e. The SMILES string of the molecule is COc1ccc2c(nnn2CCCC(F)(F)F)c1Br. The van der Waals surface area contributed by atoms with Gasteiger partial charge in [-0.15, -0.1) is 5.10 Å². The van der Waals surface area contributed by atoms with Crippen LogP contribution < -0.4 is 4.74 Å². The fourth-order valence-electron chi connectivity index (χ4n) is 1.74. The average Bonchev–Trinajstić information content (AvgIpc) is 2.72. The van der Waals surface area contributed by atoms with Gasteiger partial charge in [-0.1, -0.05) is 5.21 Å².